The highest BCUT2D eigenvalue weighted by Gasteiger charge is 2.32. The molecule has 1 saturated heterocycles. The van der Waals surface area contributed by atoms with Gasteiger partial charge in [0.05, 0.1) is 12.0 Å². The average Bonchev–Trinajstić information content (AvgIpc) is 2.70. The fraction of sp³-hybridized carbons (Fsp3) is 0.261. The summed E-state index contributed by atoms with van der Waals surface area (Å²) >= 11 is 0. The number of piperidine rings is 1. The minimum atomic E-state index is -0.832. The third-order valence-electron chi connectivity index (χ3n) is 5.51. The van der Waals surface area contributed by atoms with Gasteiger partial charge in [-0.05, 0) is 47.9 Å². The lowest BCUT2D eigenvalue weighted by atomic mass is 9.90. The average molecular weight is 381 g/mol. The van der Waals surface area contributed by atoms with E-state index in [1.807, 2.05) is 47.4 Å². The fourth-order valence-electron chi connectivity index (χ4n) is 4.13. The molecule has 2 unspecified atom stereocenters. The van der Waals surface area contributed by atoms with Crippen LogP contribution in [0.15, 0.2) is 60.7 Å². The van der Waals surface area contributed by atoms with E-state index in [0.717, 1.165) is 28.8 Å². The molecule has 0 bridgehead atoms. The van der Waals surface area contributed by atoms with Crippen LogP contribution in [0.25, 0.3) is 10.8 Å². The molecule has 1 fully saturated rings. The van der Waals surface area contributed by atoms with Gasteiger partial charge in [-0.25, -0.2) is 8.78 Å². The minimum absolute atomic E-state index is 0.337. The van der Waals surface area contributed by atoms with Crippen LogP contribution in [0.2, 0.25) is 0 Å². The van der Waals surface area contributed by atoms with Crippen LogP contribution in [-0.2, 0) is 4.79 Å². The van der Waals surface area contributed by atoms with Crippen LogP contribution in [0, 0.1) is 17.6 Å². The summed E-state index contributed by atoms with van der Waals surface area (Å²) in [7, 11) is 0. The Morgan fingerprint density at radius 3 is 2.57 bits per heavy atom. The van der Waals surface area contributed by atoms with Gasteiger partial charge in [0.15, 0.2) is 0 Å². The van der Waals surface area contributed by atoms with Crippen molar-refractivity contribution in [1.82, 2.24) is 4.90 Å². The van der Waals surface area contributed by atoms with Crippen molar-refractivity contribution in [2.24, 2.45) is 5.92 Å². The van der Waals surface area contributed by atoms with Crippen LogP contribution in [0.5, 0.6) is 0 Å². The zero-order valence-corrected chi connectivity index (χ0v) is 15.3. The molecule has 1 N–H and O–H groups in total. The summed E-state index contributed by atoms with van der Waals surface area (Å²) in [6.45, 7) is 1.00. The first-order valence-electron chi connectivity index (χ1n) is 9.43. The van der Waals surface area contributed by atoms with E-state index in [1.54, 1.807) is 0 Å². The molecule has 3 aromatic carbocycles. The lowest BCUT2D eigenvalue weighted by molar-refractivity contribution is -0.143. The summed E-state index contributed by atoms with van der Waals surface area (Å²) in [5.41, 5.74) is 1.23. The maximum atomic E-state index is 14.7. The second-order valence-electron chi connectivity index (χ2n) is 7.35. The Kier molecular flexibility index (Phi) is 5.09. The number of carbonyl (C=O) groups is 1. The molecule has 144 valence electrons. The summed E-state index contributed by atoms with van der Waals surface area (Å²) in [6, 6.07) is 17.0. The Hall–Kier alpha value is -2.79. The molecule has 0 saturated carbocycles. The van der Waals surface area contributed by atoms with Crippen LogP contribution in [0.4, 0.5) is 8.78 Å². The number of fused-ring (bicyclic) bond motifs is 1. The van der Waals surface area contributed by atoms with Gasteiger partial charge in [-0.3, -0.25) is 9.69 Å². The first-order chi connectivity index (χ1) is 13.5. The number of likely N-dealkylation sites (tertiary alicyclic amines) is 1. The summed E-state index contributed by atoms with van der Waals surface area (Å²) in [5, 5.41) is 11.6. The molecule has 1 aliphatic heterocycles. The van der Waals surface area contributed by atoms with E-state index in [-0.39, 0.29) is 0 Å². The third kappa shape index (κ3) is 3.62. The number of rotatable bonds is 4. The maximum absolute atomic E-state index is 14.7. The Labute approximate surface area is 162 Å². The molecule has 2 atom stereocenters. The normalized spacial score (nSPS) is 18.9. The molecule has 1 aliphatic rings. The molecule has 0 aliphatic carbocycles. The van der Waals surface area contributed by atoms with Gasteiger partial charge in [0.25, 0.3) is 0 Å². The van der Waals surface area contributed by atoms with Gasteiger partial charge in [-0.1, -0.05) is 42.5 Å². The Balaban J connectivity index is 1.81. The van der Waals surface area contributed by atoms with E-state index in [1.165, 1.54) is 12.1 Å². The molecule has 0 radical (unpaired) electrons. The lowest BCUT2D eigenvalue weighted by Gasteiger charge is -2.37. The number of carboxylic acids is 1. The smallest absolute Gasteiger partial charge is 0.307 e. The highest BCUT2D eigenvalue weighted by atomic mass is 19.1. The third-order valence-corrected chi connectivity index (χ3v) is 5.51. The van der Waals surface area contributed by atoms with Crippen molar-refractivity contribution in [3.8, 4) is 0 Å². The van der Waals surface area contributed by atoms with E-state index in [0.29, 0.717) is 25.1 Å². The number of benzene rings is 3. The van der Waals surface area contributed by atoms with Gasteiger partial charge < -0.3 is 5.11 Å². The van der Waals surface area contributed by atoms with Gasteiger partial charge in [0.1, 0.15) is 11.6 Å². The van der Waals surface area contributed by atoms with E-state index in [2.05, 4.69) is 0 Å². The Morgan fingerprint density at radius 2 is 1.82 bits per heavy atom. The van der Waals surface area contributed by atoms with Crippen molar-refractivity contribution in [2.45, 2.75) is 18.9 Å². The van der Waals surface area contributed by atoms with Crippen molar-refractivity contribution in [2.75, 3.05) is 13.1 Å². The molecule has 4 rings (SSSR count). The van der Waals surface area contributed by atoms with Gasteiger partial charge in [-0.2, -0.15) is 0 Å². The second-order valence-corrected chi connectivity index (χ2v) is 7.35. The van der Waals surface area contributed by atoms with Gasteiger partial charge in [0, 0.05) is 18.2 Å². The fourth-order valence-corrected chi connectivity index (χ4v) is 4.13. The summed E-state index contributed by atoms with van der Waals surface area (Å²) in [4.78, 5) is 13.5. The van der Waals surface area contributed by atoms with Crippen LogP contribution >= 0.6 is 0 Å². The number of hydrogen-bond acceptors (Lipinski definition) is 2. The topological polar surface area (TPSA) is 40.5 Å². The standard InChI is InChI=1S/C23H21F2NO2/c24-19-9-10-20(21(25)13-19)22(26-11-3-6-18(14-26)23(27)28)17-8-7-15-4-1-2-5-16(15)12-17/h1-2,4-5,7-10,12-13,18,22H,3,6,11,14H2,(H,27,28). The SMILES string of the molecule is O=C(O)C1CCCN(C(c2ccc3ccccc3c2)c2ccc(F)cc2F)C1. The number of carboxylic acid groups (broad SMARTS) is 1. The zero-order valence-electron chi connectivity index (χ0n) is 15.3. The summed E-state index contributed by atoms with van der Waals surface area (Å²) < 4.78 is 28.2. The van der Waals surface area contributed by atoms with Gasteiger partial charge in [0.2, 0.25) is 0 Å². The van der Waals surface area contributed by atoms with E-state index < -0.39 is 29.6 Å². The molecule has 1 heterocycles. The van der Waals surface area contributed by atoms with Crippen molar-refractivity contribution < 1.29 is 18.7 Å². The Bertz CT molecular complexity index is 1020. The molecule has 0 amide bonds. The van der Waals surface area contributed by atoms with Crippen molar-refractivity contribution in [3.05, 3.63) is 83.4 Å². The van der Waals surface area contributed by atoms with Gasteiger partial charge in [-0.15, -0.1) is 0 Å². The Morgan fingerprint density at radius 1 is 1.04 bits per heavy atom. The first kappa shape index (κ1) is 18.6. The largest absolute Gasteiger partial charge is 0.481 e. The molecule has 3 aromatic rings. The van der Waals surface area contributed by atoms with E-state index >= 15 is 0 Å². The molecular weight excluding hydrogens is 360 g/mol. The van der Waals surface area contributed by atoms with Crippen molar-refractivity contribution >= 4 is 16.7 Å². The van der Waals surface area contributed by atoms with Crippen LogP contribution in [-0.4, -0.2) is 29.1 Å². The van der Waals surface area contributed by atoms with E-state index in [4.69, 9.17) is 0 Å². The number of hydrogen-bond donors (Lipinski definition) is 1. The minimum Gasteiger partial charge on any atom is -0.481 e. The maximum Gasteiger partial charge on any atom is 0.307 e. The highest BCUT2D eigenvalue weighted by molar-refractivity contribution is 5.83. The predicted octanol–water partition coefficient (Wildman–Crippen LogP) is 5.00. The predicted molar refractivity (Wildman–Crippen MR) is 104 cm³/mol. The number of aliphatic carboxylic acids is 1. The van der Waals surface area contributed by atoms with E-state index in [9.17, 15) is 18.7 Å². The molecular formula is C23H21F2NO2. The van der Waals surface area contributed by atoms with Crippen molar-refractivity contribution in [1.29, 1.82) is 0 Å². The van der Waals surface area contributed by atoms with Crippen molar-refractivity contribution in [3.63, 3.8) is 0 Å². The van der Waals surface area contributed by atoms with Crippen LogP contribution < -0.4 is 0 Å². The summed E-state index contributed by atoms with van der Waals surface area (Å²) in [5.74, 6) is -2.56. The number of halogens is 2. The zero-order chi connectivity index (χ0) is 19.7. The lowest BCUT2D eigenvalue weighted by Crippen LogP contribution is -2.41. The second kappa shape index (κ2) is 7.68. The first-order valence-corrected chi connectivity index (χ1v) is 9.43. The molecule has 0 spiro atoms. The van der Waals surface area contributed by atoms with Gasteiger partial charge >= 0.3 is 5.97 Å². The molecule has 28 heavy (non-hydrogen) atoms. The van der Waals surface area contributed by atoms with Crippen LogP contribution in [0.1, 0.15) is 30.0 Å². The summed E-state index contributed by atoms with van der Waals surface area (Å²) in [6.07, 6.45) is 1.34. The molecule has 5 heteroatoms. The monoisotopic (exact) mass is 381 g/mol. The molecule has 0 aromatic heterocycles. The quantitative estimate of drug-likeness (QED) is 0.691. The number of nitrogens with zero attached hydrogens (tertiary/aromatic N) is 1. The highest BCUT2D eigenvalue weighted by Crippen LogP contribution is 2.35. The van der Waals surface area contributed by atoms with Crippen LogP contribution in [0.3, 0.4) is 0 Å². The molecule has 3 nitrogen and oxygen atoms in total.